The molecule has 0 atom stereocenters. The zero-order chi connectivity index (χ0) is 27.7. The van der Waals surface area contributed by atoms with Crippen molar-refractivity contribution in [2.45, 2.75) is 86.5 Å². The van der Waals surface area contributed by atoms with Gasteiger partial charge >= 0.3 is 247 Å². The van der Waals surface area contributed by atoms with E-state index in [0.717, 1.165) is 6.42 Å². The fraction of sp³-hybridized carbons (Fsp3) is 0.351. The van der Waals surface area contributed by atoms with Crippen molar-refractivity contribution >= 4 is 3.27 Å². The van der Waals surface area contributed by atoms with E-state index >= 15 is 0 Å². The molecule has 0 radical (unpaired) electrons. The Bertz CT molecular complexity index is 1560. The summed E-state index contributed by atoms with van der Waals surface area (Å²) in [6, 6.07) is 21.7. The Kier molecular flexibility index (Phi) is 9.49. The molecule has 1 aliphatic rings. The summed E-state index contributed by atoms with van der Waals surface area (Å²) in [6.45, 7) is 23.1. The summed E-state index contributed by atoms with van der Waals surface area (Å²) < 4.78 is 1.53. The molecule has 0 unspecified atom stereocenters. The van der Waals surface area contributed by atoms with Crippen LogP contribution in [-0.4, -0.2) is 0 Å². The van der Waals surface area contributed by atoms with Gasteiger partial charge < -0.3 is 24.8 Å². The van der Waals surface area contributed by atoms with Crippen LogP contribution in [0.25, 0.3) is 33.4 Å². The normalized spacial score (nSPS) is 12.4. The fourth-order valence-corrected chi connectivity index (χ4v) is 7.61. The molecule has 0 nitrogen and oxygen atoms in total. The van der Waals surface area contributed by atoms with Crippen LogP contribution >= 0.6 is 0 Å². The van der Waals surface area contributed by atoms with Crippen LogP contribution in [-0.2, 0) is 42.0 Å². The second-order valence-electron chi connectivity index (χ2n) is 13.7. The summed E-state index contributed by atoms with van der Waals surface area (Å²) in [5.74, 6) is 0. The second-order valence-corrected chi connectivity index (χ2v) is 14.9. The third kappa shape index (κ3) is 6.09. The molecule has 0 amide bonds. The molecule has 0 saturated carbocycles. The third-order valence-electron chi connectivity index (χ3n) is 7.99. The van der Waals surface area contributed by atoms with Crippen molar-refractivity contribution in [1.29, 1.82) is 0 Å². The molecule has 0 saturated heterocycles. The van der Waals surface area contributed by atoms with Crippen LogP contribution in [0.4, 0.5) is 0 Å². The molecule has 0 spiro atoms. The number of rotatable bonds is 2. The molecule has 40 heavy (non-hydrogen) atoms. The number of fused-ring (bicyclic) bond motifs is 3. The topological polar surface area (TPSA) is 0 Å². The molecule has 0 fully saturated rings. The van der Waals surface area contributed by atoms with Crippen molar-refractivity contribution < 1.29 is 49.5 Å². The van der Waals surface area contributed by atoms with E-state index in [1.54, 1.807) is 0 Å². The van der Waals surface area contributed by atoms with Gasteiger partial charge in [-0.2, -0.15) is 0 Å². The Balaban J connectivity index is 0.00000220. The predicted octanol–water partition coefficient (Wildman–Crippen LogP) is 3.60. The first-order chi connectivity index (χ1) is 17.6. The van der Waals surface area contributed by atoms with E-state index < -0.39 is 0 Å². The van der Waals surface area contributed by atoms with Gasteiger partial charge in [0, 0.05) is 0 Å². The van der Waals surface area contributed by atoms with E-state index in [0.29, 0.717) is 0 Å². The Morgan fingerprint density at radius 3 is 1.45 bits per heavy atom. The molecule has 207 valence electrons. The van der Waals surface area contributed by atoms with Gasteiger partial charge in [0.1, 0.15) is 0 Å². The number of hydrogen-bond donors (Lipinski definition) is 0. The Labute approximate surface area is 270 Å². The Hall–Kier alpha value is -1.66. The van der Waals surface area contributed by atoms with Crippen molar-refractivity contribution in [1.82, 2.24) is 0 Å². The number of benzene rings is 4. The van der Waals surface area contributed by atoms with E-state index in [4.69, 9.17) is 0 Å². The first kappa shape index (κ1) is 32.9. The quantitative estimate of drug-likeness (QED) is 0.275. The van der Waals surface area contributed by atoms with E-state index in [1.807, 2.05) is 0 Å². The second kappa shape index (κ2) is 11.6. The largest absolute Gasteiger partial charge is 1.00 e. The summed E-state index contributed by atoms with van der Waals surface area (Å²) in [6.07, 6.45) is 1.02. The van der Waals surface area contributed by atoms with Gasteiger partial charge in [-0.05, 0) is 0 Å². The molecule has 0 heterocycles. The number of aryl methyl sites for hydroxylation is 4. The van der Waals surface area contributed by atoms with E-state index in [-0.39, 0.29) is 35.6 Å². The first-order valence-corrected chi connectivity index (χ1v) is 15.1. The van der Waals surface area contributed by atoms with Gasteiger partial charge in [0.15, 0.2) is 0 Å². The Morgan fingerprint density at radius 1 is 0.525 bits per heavy atom. The van der Waals surface area contributed by atoms with Crippen LogP contribution in [0.15, 0.2) is 54.6 Å². The molecule has 0 aromatic heterocycles. The van der Waals surface area contributed by atoms with Crippen molar-refractivity contribution in [2.75, 3.05) is 0 Å². The van der Waals surface area contributed by atoms with E-state index in [1.165, 1.54) is 106 Å². The predicted molar refractivity (Wildman–Crippen MR) is 162 cm³/mol. The molecule has 4 aromatic rings. The Morgan fingerprint density at radius 2 is 0.975 bits per heavy atom. The SMILES string of the molecule is Cc1cc(C)cc(-c2cc3c(cc2C(C)(C)C)-c2cc(C(C)(C)C)c(-c4cc(C)cc(C)c4)[c]([Zr+2])c2C3)c1.[Cl-].[Cl-]. The summed E-state index contributed by atoms with van der Waals surface area (Å²) in [5.41, 5.74) is 19.9. The standard InChI is InChI=1S/C37H41.2ClH.Zr/c1-22-11-23(2)14-26(13-22)32-18-28-17-29-19-33(27-15-24(3)12-25(4)16-27)35(37(8,9)10)21-31(29)30(28)20-34(32)36(5,6)7;;;/h11-16,18,20-21H,17H2,1-10H3;2*1H;/q;;;+2/p-2. The van der Waals surface area contributed by atoms with Gasteiger partial charge in [0.25, 0.3) is 0 Å². The van der Waals surface area contributed by atoms with Crippen LogP contribution in [0.5, 0.6) is 0 Å². The third-order valence-corrected chi connectivity index (χ3v) is 9.35. The summed E-state index contributed by atoms with van der Waals surface area (Å²) in [5, 5.41) is 0. The van der Waals surface area contributed by atoms with E-state index in [9.17, 15) is 0 Å². The maximum atomic E-state index is 2.55. The van der Waals surface area contributed by atoms with Gasteiger partial charge in [0.2, 0.25) is 0 Å². The van der Waals surface area contributed by atoms with Gasteiger partial charge in [-0.1, -0.05) is 0 Å². The van der Waals surface area contributed by atoms with Crippen LogP contribution in [0, 0.1) is 27.7 Å². The molecular formula is C37H41Cl2Zr. The summed E-state index contributed by atoms with van der Waals surface area (Å²) in [4.78, 5) is 0. The minimum absolute atomic E-state index is 0. The molecular weight excluding hydrogens is 607 g/mol. The van der Waals surface area contributed by atoms with Crippen molar-refractivity contribution in [3.8, 4) is 33.4 Å². The fourth-order valence-electron chi connectivity index (χ4n) is 6.38. The van der Waals surface area contributed by atoms with Gasteiger partial charge in [0.05, 0.1) is 0 Å². The van der Waals surface area contributed by atoms with Crippen molar-refractivity contribution in [3.05, 3.63) is 99.1 Å². The number of hydrogen-bond acceptors (Lipinski definition) is 0. The first-order valence-electron chi connectivity index (χ1n) is 13.9. The number of halogens is 2. The van der Waals surface area contributed by atoms with Crippen molar-refractivity contribution in [2.24, 2.45) is 0 Å². The van der Waals surface area contributed by atoms with Crippen LogP contribution in [0.1, 0.15) is 86.1 Å². The molecule has 3 heteroatoms. The van der Waals surface area contributed by atoms with Gasteiger partial charge in [-0.3, -0.25) is 0 Å². The minimum Gasteiger partial charge on any atom is -1.00 e. The average Bonchev–Trinajstić information content (AvgIpc) is 3.14. The molecule has 4 aromatic carbocycles. The molecule has 0 bridgehead atoms. The molecule has 1 aliphatic carbocycles. The van der Waals surface area contributed by atoms with Crippen molar-refractivity contribution in [3.63, 3.8) is 0 Å². The van der Waals surface area contributed by atoms with Crippen LogP contribution in [0.3, 0.4) is 0 Å². The summed E-state index contributed by atoms with van der Waals surface area (Å²) in [7, 11) is 0. The zero-order valence-corrected chi connectivity index (χ0v) is 29.6. The average molecular weight is 648 g/mol. The minimum atomic E-state index is 0. The zero-order valence-electron chi connectivity index (χ0n) is 25.7. The summed E-state index contributed by atoms with van der Waals surface area (Å²) >= 11 is 1.50. The maximum absolute atomic E-state index is 2.55. The monoisotopic (exact) mass is 645 g/mol. The van der Waals surface area contributed by atoms with Gasteiger partial charge in [-0.15, -0.1) is 0 Å². The van der Waals surface area contributed by atoms with Crippen LogP contribution in [0.2, 0.25) is 0 Å². The van der Waals surface area contributed by atoms with Crippen LogP contribution < -0.4 is 28.1 Å². The molecule has 0 N–H and O–H groups in total. The van der Waals surface area contributed by atoms with Gasteiger partial charge in [-0.25, -0.2) is 0 Å². The van der Waals surface area contributed by atoms with E-state index in [2.05, 4.69) is 124 Å². The smallest absolute Gasteiger partial charge is 1.00 e. The maximum Gasteiger partial charge on any atom is -1.00 e. The molecule has 0 aliphatic heterocycles. The molecule has 5 rings (SSSR count).